The van der Waals surface area contributed by atoms with Gasteiger partial charge in [0.2, 0.25) is 5.91 Å². The van der Waals surface area contributed by atoms with Gasteiger partial charge in [-0.15, -0.1) is 0 Å². The summed E-state index contributed by atoms with van der Waals surface area (Å²) in [6, 6.07) is 11.7. The number of hydrogen-bond donors (Lipinski definition) is 2. The number of amides is 1. The highest BCUT2D eigenvalue weighted by molar-refractivity contribution is 5.93. The zero-order valence-electron chi connectivity index (χ0n) is 10.4. The monoisotopic (exact) mass is 258 g/mol. The minimum absolute atomic E-state index is 0.340. The zero-order valence-corrected chi connectivity index (χ0v) is 10.4. The molecule has 0 atom stereocenters. The van der Waals surface area contributed by atoms with Crippen LogP contribution < -0.4 is 20.9 Å². The lowest BCUT2D eigenvalue weighted by Crippen LogP contribution is -2.11. The van der Waals surface area contributed by atoms with Crippen molar-refractivity contribution in [3.8, 4) is 17.2 Å². The lowest BCUT2D eigenvalue weighted by Gasteiger charge is -2.10. The maximum atomic E-state index is 11.1. The van der Waals surface area contributed by atoms with Gasteiger partial charge in [-0.1, -0.05) is 6.07 Å². The quantitative estimate of drug-likeness (QED) is 0.823. The standard InChI is InChI=1S/C14H14N2O3/c1-18-10-3-2-4-11(8-10)19-13-7-9(14(16)17)5-6-12(13)15/h2-8H,15H2,1H3,(H2,16,17). The van der Waals surface area contributed by atoms with Crippen LogP contribution in [0.1, 0.15) is 10.4 Å². The van der Waals surface area contributed by atoms with Crippen molar-refractivity contribution >= 4 is 11.6 Å². The Morgan fingerprint density at radius 1 is 1.11 bits per heavy atom. The third-order valence-electron chi connectivity index (χ3n) is 2.57. The second-order valence-corrected chi connectivity index (χ2v) is 3.90. The van der Waals surface area contributed by atoms with Gasteiger partial charge in [0.1, 0.15) is 11.5 Å². The summed E-state index contributed by atoms with van der Waals surface area (Å²) in [5, 5.41) is 0. The van der Waals surface area contributed by atoms with Crippen LogP contribution in [0, 0.1) is 0 Å². The molecule has 98 valence electrons. The number of nitrogens with two attached hydrogens (primary N) is 2. The summed E-state index contributed by atoms with van der Waals surface area (Å²) in [7, 11) is 1.57. The first-order valence-corrected chi connectivity index (χ1v) is 5.61. The predicted octanol–water partition coefficient (Wildman–Crippen LogP) is 2.17. The molecule has 0 unspecified atom stereocenters. The second-order valence-electron chi connectivity index (χ2n) is 3.90. The largest absolute Gasteiger partial charge is 0.497 e. The van der Waals surface area contributed by atoms with E-state index in [1.165, 1.54) is 6.07 Å². The van der Waals surface area contributed by atoms with Crippen molar-refractivity contribution in [2.75, 3.05) is 12.8 Å². The Morgan fingerprint density at radius 3 is 2.53 bits per heavy atom. The molecule has 0 fully saturated rings. The molecular weight excluding hydrogens is 244 g/mol. The van der Waals surface area contributed by atoms with E-state index in [1.807, 2.05) is 0 Å². The number of methoxy groups -OCH3 is 1. The first-order valence-electron chi connectivity index (χ1n) is 5.61. The molecule has 1 amide bonds. The summed E-state index contributed by atoms with van der Waals surface area (Å²) in [5.74, 6) is 1.08. The Kier molecular flexibility index (Phi) is 3.56. The Balaban J connectivity index is 2.31. The number of carbonyl (C=O) groups is 1. The molecule has 4 N–H and O–H groups in total. The molecule has 0 spiro atoms. The van der Waals surface area contributed by atoms with E-state index in [0.29, 0.717) is 28.5 Å². The summed E-state index contributed by atoms with van der Waals surface area (Å²) < 4.78 is 10.7. The number of ether oxygens (including phenoxy) is 2. The van der Waals surface area contributed by atoms with Gasteiger partial charge >= 0.3 is 0 Å². The van der Waals surface area contributed by atoms with Crippen LogP contribution in [0.4, 0.5) is 5.69 Å². The van der Waals surface area contributed by atoms with E-state index in [1.54, 1.807) is 43.5 Å². The van der Waals surface area contributed by atoms with Crippen LogP contribution in [-0.2, 0) is 0 Å². The van der Waals surface area contributed by atoms with Gasteiger partial charge in [0.15, 0.2) is 5.75 Å². The van der Waals surface area contributed by atoms with E-state index >= 15 is 0 Å². The summed E-state index contributed by atoms with van der Waals surface area (Å²) >= 11 is 0. The topological polar surface area (TPSA) is 87.6 Å². The van der Waals surface area contributed by atoms with Crippen LogP contribution in [0.3, 0.4) is 0 Å². The third-order valence-corrected chi connectivity index (χ3v) is 2.57. The molecule has 5 heteroatoms. The van der Waals surface area contributed by atoms with Crippen molar-refractivity contribution in [1.29, 1.82) is 0 Å². The highest BCUT2D eigenvalue weighted by Gasteiger charge is 2.07. The highest BCUT2D eigenvalue weighted by Crippen LogP contribution is 2.30. The minimum atomic E-state index is -0.532. The van der Waals surface area contributed by atoms with Crippen LogP contribution in [0.2, 0.25) is 0 Å². The van der Waals surface area contributed by atoms with Crippen molar-refractivity contribution in [2.45, 2.75) is 0 Å². The van der Waals surface area contributed by atoms with Crippen molar-refractivity contribution in [3.63, 3.8) is 0 Å². The SMILES string of the molecule is COc1cccc(Oc2cc(C(N)=O)ccc2N)c1. The van der Waals surface area contributed by atoms with Crippen molar-refractivity contribution in [3.05, 3.63) is 48.0 Å². The lowest BCUT2D eigenvalue weighted by atomic mass is 10.2. The van der Waals surface area contributed by atoms with Crippen molar-refractivity contribution < 1.29 is 14.3 Å². The van der Waals surface area contributed by atoms with Gasteiger partial charge in [-0.05, 0) is 30.3 Å². The summed E-state index contributed by atoms with van der Waals surface area (Å²) in [4.78, 5) is 11.1. The lowest BCUT2D eigenvalue weighted by molar-refractivity contribution is 0.1000. The van der Waals surface area contributed by atoms with E-state index in [0.717, 1.165) is 0 Å². The van der Waals surface area contributed by atoms with Crippen molar-refractivity contribution in [1.82, 2.24) is 0 Å². The fourth-order valence-electron chi connectivity index (χ4n) is 1.57. The highest BCUT2D eigenvalue weighted by atomic mass is 16.5. The van der Waals surface area contributed by atoms with E-state index in [-0.39, 0.29) is 0 Å². The van der Waals surface area contributed by atoms with E-state index in [9.17, 15) is 4.79 Å². The van der Waals surface area contributed by atoms with Gasteiger partial charge in [0, 0.05) is 11.6 Å². The molecule has 0 heterocycles. The zero-order chi connectivity index (χ0) is 13.8. The van der Waals surface area contributed by atoms with Gasteiger partial charge in [0.25, 0.3) is 0 Å². The first kappa shape index (κ1) is 12.8. The minimum Gasteiger partial charge on any atom is -0.497 e. The van der Waals surface area contributed by atoms with Gasteiger partial charge in [-0.25, -0.2) is 0 Å². The molecular formula is C14H14N2O3. The smallest absolute Gasteiger partial charge is 0.248 e. The number of rotatable bonds is 4. The number of benzene rings is 2. The average molecular weight is 258 g/mol. The normalized spacial score (nSPS) is 9.95. The molecule has 2 aromatic carbocycles. The number of primary amides is 1. The van der Waals surface area contributed by atoms with Gasteiger partial charge in [-0.3, -0.25) is 4.79 Å². The Bertz CT molecular complexity index is 611. The van der Waals surface area contributed by atoms with E-state index < -0.39 is 5.91 Å². The summed E-state index contributed by atoms with van der Waals surface area (Å²) in [6.07, 6.45) is 0. The van der Waals surface area contributed by atoms with Gasteiger partial charge < -0.3 is 20.9 Å². The third kappa shape index (κ3) is 2.95. The number of carbonyl (C=O) groups excluding carboxylic acids is 1. The molecule has 5 nitrogen and oxygen atoms in total. The molecule has 0 saturated heterocycles. The molecule has 2 aromatic rings. The van der Waals surface area contributed by atoms with E-state index in [4.69, 9.17) is 20.9 Å². The maximum absolute atomic E-state index is 11.1. The molecule has 0 aliphatic heterocycles. The maximum Gasteiger partial charge on any atom is 0.248 e. The molecule has 0 radical (unpaired) electrons. The van der Waals surface area contributed by atoms with E-state index in [2.05, 4.69) is 0 Å². The molecule has 19 heavy (non-hydrogen) atoms. The molecule has 0 aliphatic carbocycles. The van der Waals surface area contributed by atoms with Crippen LogP contribution >= 0.6 is 0 Å². The fourth-order valence-corrected chi connectivity index (χ4v) is 1.57. The van der Waals surface area contributed by atoms with Crippen LogP contribution in [0.5, 0.6) is 17.2 Å². The summed E-state index contributed by atoms with van der Waals surface area (Å²) in [5.41, 5.74) is 11.8. The predicted molar refractivity (Wildman–Crippen MR) is 72.4 cm³/mol. The van der Waals surface area contributed by atoms with Crippen molar-refractivity contribution in [2.24, 2.45) is 5.73 Å². The molecule has 0 saturated carbocycles. The Morgan fingerprint density at radius 2 is 1.84 bits per heavy atom. The molecule has 0 aliphatic rings. The van der Waals surface area contributed by atoms with Crippen LogP contribution in [0.25, 0.3) is 0 Å². The molecule has 0 aromatic heterocycles. The van der Waals surface area contributed by atoms with Gasteiger partial charge in [0.05, 0.1) is 12.8 Å². The average Bonchev–Trinajstić information content (AvgIpc) is 2.41. The number of nitrogen functional groups attached to an aromatic ring is 1. The van der Waals surface area contributed by atoms with Gasteiger partial charge in [-0.2, -0.15) is 0 Å². The molecule has 0 bridgehead atoms. The molecule has 2 rings (SSSR count). The Hall–Kier alpha value is -2.69. The summed E-state index contributed by atoms with van der Waals surface area (Å²) in [6.45, 7) is 0. The Labute approximate surface area is 110 Å². The second kappa shape index (κ2) is 5.30. The van der Waals surface area contributed by atoms with Crippen LogP contribution in [-0.4, -0.2) is 13.0 Å². The van der Waals surface area contributed by atoms with Crippen LogP contribution in [0.15, 0.2) is 42.5 Å². The number of hydrogen-bond acceptors (Lipinski definition) is 4. The number of anilines is 1. The first-order chi connectivity index (χ1) is 9.10. The fraction of sp³-hybridized carbons (Fsp3) is 0.0714.